The predicted molar refractivity (Wildman–Crippen MR) is 93.1 cm³/mol. The lowest BCUT2D eigenvalue weighted by atomic mass is 10.6. The van der Waals surface area contributed by atoms with Gasteiger partial charge < -0.3 is 22.8 Å². The van der Waals surface area contributed by atoms with Crippen molar-refractivity contribution in [2.75, 3.05) is 33.0 Å². The summed E-state index contributed by atoms with van der Waals surface area (Å²) in [5.41, 5.74) is 1.67. The summed E-state index contributed by atoms with van der Waals surface area (Å²) in [7, 11) is -2.51. The van der Waals surface area contributed by atoms with E-state index in [9.17, 15) is 9.59 Å². The minimum atomic E-state index is -2.51. The monoisotopic (exact) mass is 360 g/mol. The van der Waals surface area contributed by atoms with Crippen molar-refractivity contribution in [3.8, 4) is 0 Å². The number of carbonyl (C=O) groups excluding carboxylic acids is 2. The van der Waals surface area contributed by atoms with Gasteiger partial charge in [0.2, 0.25) is 0 Å². The quantitative estimate of drug-likeness (QED) is 0.228. The molecule has 0 radical (unpaired) electrons. The topological polar surface area (TPSA) is 80.3 Å². The van der Waals surface area contributed by atoms with Crippen LogP contribution in [0.5, 0.6) is 0 Å². The maximum Gasteiger partial charge on any atom is 0.528 e. The van der Waals surface area contributed by atoms with Gasteiger partial charge in [-0.05, 0) is 26.5 Å². The van der Waals surface area contributed by atoms with Crippen LogP contribution in [0.2, 0.25) is 0 Å². The summed E-state index contributed by atoms with van der Waals surface area (Å²) in [6.07, 6.45) is 2.07. The van der Waals surface area contributed by atoms with Crippen molar-refractivity contribution < 1.29 is 32.3 Å². The molecule has 0 amide bonds. The average molecular weight is 360 g/mol. The Balaban J connectivity index is 0. The van der Waals surface area contributed by atoms with E-state index >= 15 is 0 Å². The SMILES string of the molecule is C=CC(=O)OCCOC(=O)C=C.C=C[Si](OCC)(OCC)OCC. The molecule has 138 valence electrons. The van der Waals surface area contributed by atoms with Gasteiger partial charge in [0.1, 0.15) is 13.2 Å². The summed E-state index contributed by atoms with van der Waals surface area (Å²) in [6, 6.07) is 0. The third-order valence-electron chi connectivity index (χ3n) is 2.19. The lowest BCUT2D eigenvalue weighted by molar-refractivity contribution is -0.146. The maximum atomic E-state index is 10.4. The van der Waals surface area contributed by atoms with E-state index in [-0.39, 0.29) is 13.2 Å². The van der Waals surface area contributed by atoms with Gasteiger partial charge in [0, 0.05) is 32.0 Å². The lowest BCUT2D eigenvalue weighted by Crippen LogP contribution is -2.44. The van der Waals surface area contributed by atoms with E-state index in [2.05, 4.69) is 29.2 Å². The zero-order valence-electron chi connectivity index (χ0n) is 14.7. The number of hydrogen-bond acceptors (Lipinski definition) is 7. The molecular formula is C16H28O7Si. The van der Waals surface area contributed by atoms with Crippen molar-refractivity contribution >= 4 is 20.7 Å². The molecule has 7 nitrogen and oxygen atoms in total. The van der Waals surface area contributed by atoms with Crippen LogP contribution in [0.15, 0.2) is 37.6 Å². The van der Waals surface area contributed by atoms with Gasteiger partial charge in [-0.1, -0.05) is 19.7 Å². The molecule has 0 spiro atoms. The smallest absolute Gasteiger partial charge is 0.459 e. The number of ether oxygens (including phenoxy) is 2. The van der Waals surface area contributed by atoms with Crippen molar-refractivity contribution in [3.63, 3.8) is 0 Å². The Morgan fingerprint density at radius 1 is 0.792 bits per heavy atom. The highest BCUT2D eigenvalue weighted by atomic mass is 28.4. The summed E-state index contributed by atoms with van der Waals surface area (Å²) in [4.78, 5) is 20.9. The van der Waals surface area contributed by atoms with E-state index in [4.69, 9.17) is 13.3 Å². The lowest BCUT2D eigenvalue weighted by Gasteiger charge is -2.24. The second-order valence-corrected chi connectivity index (χ2v) is 6.33. The molecule has 0 saturated heterocycles. The van der Waals surface area contributed by atoms with Gasteiger partial charge in [0.05, 0.1) is 0 Å². The molecule has 0 saturated carbocycles. The van der Waals surface area contributed by atoms with Gasteiger partial charge in [-0.15, -0.1) is 0 Å². The van der Waals surface area contributed by atoms with Crippen LogP contribution in [-0.4, -0.2) is 53.8 Å². The molecule has 24 heavy (non-hydrogen) atoms. The molecule has 0 N–H and O–H groups in total. The molecule has 0 heterocycles. The zero-order valence-corrected chi connectivity index (χ0v) is 15.7. The van der Waals surface area contributed by atoms with E-state index in [1.807, 2.05) is 20.8 Å². The highest BCUT2D eigenvalue weighted by molar-refractivity contribution is 6.66. The maximum absolute atomic E-state index is 10.4. The molecule has 0 aromatic carbocycles. The third-order valence-corrected chi connectivity index (χ3v) is 4.77. The van der Waals surface area contributed by atoms with E-state index in [0.717, 1.165) is 12.2 Å². The van der Waals surface area contributed by atoms with Gasteiger partial charge in [-0.2, -0.15) is 0 Å². The van der Waals surface area contributed by atoms with E-state index in [1.54, 1.807) is 5.70 Å². The van der Waals surface area contributed by atoms with Crippen LogP contribution in [0, 0.1) is 0 Å². The van der Waals surface area contributed by atoms with Crippen LogP contribution in [0.3, 0.4) is 0 Å². The van der Waals surface area contributed by atoms with Crippen molar-refractivity contribution in [1.82, 2.24) is 0 Å². The normalized spacial score (nSPS) is 9.96. The standard InChI is InChI=1S/C8H10O4.C8H18O3Si/c1-3-7(9)11-5-6-12-8(10)4-2;1-5-9-12(8-4,10-6-2)11-7-3/h3-4H,1-2,5-6H2;8H,4-7H2,1-3H3. The number of carbonyl (C=O) groups is 2. The number of rotatable bonds is 12. The van der Waals surface area contributed by atoms with Gasteiger partial charge in [0.15, 0.2) is 0 Å². The van der Waals surface area contributed by atoms with E-state index in [0.29, 0.717) is 19.8 Å². The molecule has 0 rings (SSSR count). The zero-order chi connectivity index (χ0) is 18.8. The highest BCUT2D eigenvalue weighted by Crippen LogP contribution is 2.10. The largest absolute Gasteiger partial charge is 0.528 e. The first-order valence-corrected chi connectivity index (χ1v) is 9.39. The molecule has 0 aliphatic rings. The molecule has 0 fully saturated rings. The summed E-state index contributed by atoms with van der Waals surface area (Å²) < 4.78 is 25.3. The van der Waals surface area contributed by atoms with Crippen molar-refractivity contribution in [1.29, 1.82) is 0 Å². The Hall–Kier alpha value is -1.74. The first kappa shape index (κ1) is 24.5. The second kappa shape index (κ2) is 16.1. The van der Waals surface area contributed by atoms with Gasteiger partial charge in [-0.25, -0.2) is 9.59 Å². The molecule has 0 aliphatic carbocycles. The first-order valence-electron chi connectivity index (χ1n) is 7.58. The van der Waals surface area contributed by atoms with E-state index < -0.39 is 20.7 Å². The van der Waals surface area contributed by atoms with Crippen LogP contribution >= 0.6 is 0 Å². The van der Waals surface area contributed by atoms with Gasteiger partial charge in [-0.3, -0.25) is 0 Å². The number of esters is 2. The molecule has 0 unspecified atom stereocenters. The summed E-state index contributed by atoms with van der Waals surface area (Å²) in [6.45, 7) is 17.7. The minimum absolute atomic E-state index is 0.0322. The summed E-state index contributed by atoms with van der Waals surface area (Å²) in [5.74, 6) is -1.07. The Bertz CT molecular complexity index is 357. The Morgan fingerprint density at radius 2 is 1.12 bits per heavy atom. The Labute approximate surface area is 145 Å². The molecule has 0 aliphatic heterocycles. The molecule has 0 aromatic rings. The Morgan fingerprint density at radius 3 is 1.33 bits per heavy atom. The average Bonchev–Trinajstić information content (AvgIpc) is 2.59. The van der Waals surface area contributed by atoms with Gasteiger partial charge >= 0.3 is 20.7 Å². The van der Waals surface area contributed by atoms with E-state index in [1.165, 1.54) is 0 Å². The Kier molecular flexibility index (Phi) is 16.5. The van der Waals surface area contributed by atoms with Crippen molar-refractivity contribution in [3.05, 3.63) is 37.6 Å². The summed E-state index contributed by atoms with van der Waals surface area (Å²) in [5, 5.41) is 0. The van der Waals surface area contributed by atoms with Crippen LogP contribution in [-0.2, 0) is 32.3 Å². The fourth-order valence-corrected chi connectivity index (χ4v) is 3.12. The fraction of sp³-hybridized carbons (Fsp3) is 0.500. The third kappa shape index (κ3) is 12.8. The minimum Gasteiger partial charge on any atom is -0.459 e. The molecule has 0 atom stereocenters. The fourth-order valence-electron chi connectivity index (χ4n) is 1.31. The first-order chi connectivity index (χ1) is 11.4. The van der Waals surface area contributed by atoms with Crippen molar-refractivity contribution in [2.45, 2.75) is 20.8 Å². The van der Waals surface area contributed by atoms with Gasteiger partial charge in [0.25, 0.3) is 0 Å². The molecule has 0 bridgehead atoms. The highest BCUT2D eigenvalue weighted by Gasteiger charge is 2.36. The molecule has 8 heteroatoms. The van der Waals surface area contributed by atoms with Crippen LogP contribution < -0.4 is 0 Å². The second-order valence-electron chi connectivity index (χ2n) is 3.85. The molecular weight excluding hydrogens is 332 g/mol. The molecule has 0 aromatic heterocycles. The number of hydrogen-bond donors (Lipinski definition) is 0. The van der Waals surface area contributed by atoms with Crippen LogP contribution in [0.1, 0.15) is 20.8 Å². The summed E-state index contributed by atoms with van der Waals surface area (Å²) >= 11 is 0. The van der Waals surface area contributed by atoms with Crippen LogP contribution in [0.25, 0.3) is 0 Å². The predicted octanol–water partition coefficient (Wildman–Crippen LogP) is 2.20. The van der Waals surface area contributed by atoms with Crippen molar-refractivity contribution in [2.24, 2.45) is 0 Å². The van der Waals surface area contributed by atoms with Crippen LogP contribution in [0.4, 0.5) is 0 Å².